The molecule has 2 aromatic carbocycles. The number of ketones is 1. The van der Waals surface area contributed by atoms with Gasteiger partial charge in [0.1, 0.15) is 0 Å². The fraction of sp³-hybridized carbons (Fsp3) is 0.552. The first kappa shape index (κ1) is 28.6. The standard InChI is InChI=1S/C29H34F6N2O/c1-2-21(11-10-20-16-23(28(30,31)32)18-24(17-20)29(33,34)35)27(38)26(22-8-4-3-5-9-22)37-15-12-25(19-37)36-13-6-7-14-36/h3-5,8-9,16-18,21,25-26H,2,6-7,10-15,19H2,1H3. The Morgan fingerprint density at radius 1 is 0.921 bits per heavy atom. The number of carbonyl (C=O) groups is 1. The van der Waals surface area contributed by atoms with Crippen molar-refractivity contribution in [3.8, 4) is 0 Å². The van der Waals surface area contributed by atoms with Gasteiger partial charge in [-0.15, -0.1) is 0 Å². The fourth-order valence-electron chi connectivity index (χ4n) is 5.87. The van der Waals surface area contributed by atoms with Crippen molar-refractivity contribution >= 4 is 5.78 Å². The molecular weight excluding hydrogens is 506 g/mol. The largest absolute Gasteiger partial charge is 0.416 e. The molecule has 4 rings (SSSR count). The Morgan fingerprint density at radius 2 is 1.53 bits per heavy atom. The minimum Gasteiger partial charge on any atom is -0.299 e. The van der Waals surface area contributed by atoms with Gasteiger partial charge in [0.15, 0.2) is 5.78 Å². The Hall–Kier alpha value is -2.39. The Kier molecular flexibility index (Phi) is 8.87. The number of benzene rings is 2. The maximum atomic E-state index is 13.9. The van der Waals surface area contributed by atoms with Gasteiger partial charge in [-0.1, -0.05) is 37.3 Å². The summed E-state index contributed by atoms with van der Waals surface area (Å²) in [5.41, 5.74) is -1.84. The highest BCUT2D eigenvalue weighted by atomic mass is 19.4. The zero-order chi connectivity index (χ0) is 27.5. The van der Waals surface area contributed by atoms with Gasteiger partial charge < -0.3 is 0 Å². The summed E-state index contributed by atoms with van der Waals surface area (Å²) in [6.07, 6.45) is -5.86. The number of likely N-dealkylation sites (tertiary alicyclic amines) is 2. The van der Waals surface area contributed by atoms with Crippen molar-refractivity contribution in [1.29, 1.82) is 0 Å². The molecular formula is C29H34F6N2O. The maximum absolute atomic E-state index is 13.9. The monoisotopic (exact) mass is 540 g/mol. The molecule has 9 heteroatoms. The summed E-state index contributed by atoms with van der Waals surface area (Å²) >= 11 is 0. The zero-order valence-electron chi connectivity index (χ0n) is 21.5. The van der Waals surface area contributed by atoms with Crippen LogP contribution < -0.4 is 0 Å². The predicted octanol–water partition coefficient (Wildman–Crippen LogP) is 7.16. The molecule has 208 valence electrons. The molecule has 0 aromatic heterocycles. The maximum Gasteiger partial charge on any atom is 0.416 e. The van der Waals surface area contributed by atoms with Crippen LogP contribution in [0.1, 0.15) is 67.3 Å². The van der Waals surface area contributed by atoms with E-state index < -0.39 is 35.4 Å². The lowest BCUT2D eigenvalue weighted by atomic mass is 9.86. The van der Waals surface area contributed by atoms with Gasteiger partial charge in [-0.05, 0) is 80.9 Å². The summed E-state index contributed by atoms with van der Waals surface area (Å²) in [5.74, 6) is -0.515. The first-order valence-corrected chi connectivity index (χ1v) is 13.3. The van der Waals surface area contributed by atoms with Crippen LogP contribution in [0.15, 0.2) is 48.5 Å². The lowest BCUT2D eigenvalue weighted by molar-refractivity contribution is -0.143. The van der Waals surface area contributed by atoms with E-state index in [4.69, 9.17) is 0 Å². The smallest absolute Gasteiger partial charge is 0.299 e. The zero-order valence-corrected chi connectivity index (χ0v) is 21.5. The van der Waals surface area contributed by atoms with E-state index in [2.05, 4.69) is 9.80 Å². The summed E-state index contributed by atoms with van der Waals surface area (Å²) in [6.45, 7) is 5.51. The number of alkyl halides is 6. The van der Waals surface area contributed by atoms with E-state index >= 15 is 0 Å². The van der Waals surface area contributed by atoms with Gasteiger partial charge in [-0.3, -0.25) is 14.6 Å². The molecule has 0 spiro atoms. The average Bonchev–Trinajstić information content (AvgIpc) is 3.57. The lowest BCUT2D eigenvalue weighted by Gasteiger charge is -2.31. The molecule has 2 aromatic rings. The molecule has 2 saturated heterocycles. The van der Waals surface area contributed by atoms with Crippen LogP contribution in [0, 0.1) is 5.92 Å². The normalized spacial score (nSPS) is 21.1. The fourth-order valence-corrected chi connectivity index (χ4v) is 5.87. The molecule has 0 bridgehead atoms. The van der Waals surface area contributed by atoms with Gasteiger partial charge in [0.25, 0.3) is 0 Å². The Morgan fingerprint density at radius 3 is 2.08 bits per heavy atom. The molecule has 2 aliphatic rings. The third-order valence-electron chi connectivity index (χ3n) is 7.93. The van der Waals surface area contributed by atoms with Crippen LogP contribution in [0.25, 0.3) is 0 Å². The van der Waals surface area contributed by atoms with Crippen LogP contribution in [0.2, 0.25) is 0 Å². The second kappa shape index (κ2) is 11.8. The van der Waals surface area contributed by atoms with E-state index in [1.165, 1.54) is 12.8 Å². The SMILES string of the molecule is CCC(CCc1cc(C(F)(F)F)cc(C(F)(F)F)c1)C(=O)C(c1ccccc1)N1CCC(N2CCCC2)C1. The van der Waals surface area contributed by atoms with E-state index in [9.17, 15) is 31.1 Å². The number of hydrogen-bond acceptors (Lipinski definition) is 3. The van der Waals surface area contributed by atoms with Crippen molar-refractivity contribution in [2.45, 2.75) is 69.9 Å². The summed E-state index contributed by atoms with van der Waals surface area (Å²) in [6, 6.07) is 11.1. The highest BCUT2D eigenvalue weighted by Gasteiger charge is 2.39. The van der Waals surface area contributed by atoms with Gasteiger partial charge in [-0.25, -0.2) is 0 Å². The number of rotatable bonds is 9. The molecule has 3 nitrogen and oxygen atoms in total. The lowest BCUT2D eigenvalue weighted by Crippen LogP contribution is -2.39. The van der Waals surface area contributed by atoms with E-state index in [1.54, 1.807) is 0 Å². The van der Waals surface area contributed by atoms with Crippen LogP contribution >= 0.6 is 0 Å². The van der Waals surface area contributed by atoms with E-state index in [1.807, 2.05) is 37.3 Å². The van der Waals surface area contributed by atoms with E-state index in [0.29, 0.717) is 12.5 Å². The quantitative estimate of drug-likeness (QED) is 0.315. The highest BCUT2D eigenvalue weighted by molar-refractivity contribution is 5.87. The number of carbonyl (C=O) groups excluding carboxylic acids is 1. The number of hydrogen-bond donors (Lipinski definition) is 0. The Balaban J connectivity index is 1.54. The second-order valence-corrected chi connectivity index (χ2v) is 10.5. The third-order valence-corrected chi connectivity index (χ3v) is 7.93. The molecule has 3 unspecified atom stereocenters. The van der Waals surface area contributed by atoms with Crippen molar-refractivity contribution in [3.63, 3.8) is 0 Å². The molecule has 2 heterocycles. The molecule has 2 fully saturated rings. The van der Waals surface area contributed by atoms with Gasteiger partial charge in [0.2, 0.25) is 0 Å². The second-order valence-electron chi connectivity index (χ2n) is 10.5. The van der Waals surface area contributed by atoms with Crippen molar-refractivity contribution in [2.24, 2.45) is 5.92 Å². The van der Waals surface area contributed by atoms with Crippen LogP contribution in [0.4, 0.5) is 26.3 Å². The summed E-state index contributed by atoms with van der Waals surface area (Å²) in [5, 5.41) is 0. The van der Waals surface area contributed by atoms with Gasteiger partial charge in [0, 0.05) is 25.0 Å². The molecule has 2 aliphatic heterocycles. The van der Waals surface area contributed by atoms with Gasteiger partial charge >= 0.3 is 12.4 Å². The molecule has 0 aliphatic carbocycles. The molecule has 0 N–H and O–H groups in total. The first-order valence-electron chi connectivity index (χ1n) is 13.3. The predicted molar refractivity (Wildman–Crippen MR) is 134 cm³/mol. The van der Waals surface area contributed by atoms with Crippen LogP contribution in [-0.4, -0.2) is 47.8 Å². The number of Topliss-reactive ketones (excluding diaryl/α,β-unsaturated/α-hetero) is 1. The molecule has 0 amide bonds. The van der Waals surface area contributed by atoms with Crippen LogP contribution in [-0.2, 0) is 23.6 Å². The van der Waals surface area contributed by atoms with Crippen molar-refractivity contribution in [2.75, 3.05) is 26.2 Å². The summed E-state index contributed by atoms with van der Waals surface area (Å²) < 4.78 is 79.9. The van der Waals surface area contributed by atoms with Crippen molar-refractivity contribution < 1.29 is 31.1 Å². The molecule has 3 atom stereocenters. The topological polar surface area (TPSA) is 23.6 Å². The van der Waals surface area contributed by atoms with Gasteiger partial charge in [0.05, 0.1) is 17.2 Å². The average molecular weight is 541 g/mol. The summed E-state index contributed by atoms with van der Waals surface area (Å²) in [4.78, 5) is 18.6. The van der Waals surface area contributed by atoms with E-state index in [-0.39, 0.29) is 30.3 Å². The number of nitrogens with zero attached hydrogens (tertiary/aromatic N) is 2. The molecule has 0 radical (unpaired) electrons. The number of halogens is 6. The van der Waals surface area contributed by atoms with Crippen LogP contribution in [0.3, 0.4) is 0 Å². The Bertz CT molecular complexity index is 1050. The van der Waals surface area contributed by atoms with Crippen LogP contribution in [0.5, 0.6) is 0 Å². The van der Waals surface area contributed by atoms with Crippen molar-refractivity contribution in [1.82, 2.24) is 9.80 Å². The van der Waals surface area contributed by atoms with Crippen molar-refractivity contribution in [3.05, 3.63) is 70.8 Å². The first-order chi connectivity index (χ1) is 18.0. The molecule has 38 heavy (non-hydrogen) atoms. The Labute approximate surface area is 219 Å². The minimum absolute atomic E-state index is 0.0243. The van der Waals surface area contributed by atoms with Gasteiger partial charge in [-0.2, -0.15) is 26.3 Å². The van der Waals surface area contributed by atoms with E-state index in [0.717, 1.165) is 50.3 Å². The minimum atomic E-state index is -4.89. The summed E-state index contributed by atoms with van der Waals surface area (Å²) in [7, 11) is 0. The third kappa shape index (κ3) is 6.78. The number of aryl methyl sites for hydroxylation is 1. The molecule has 0 saturated carbocycles. The highest BCUT2D eigenvalue weighted by Crippen LogP contribution is 2.37.